The van der Waals surface area contributed by atoms with Crippen LogP contribution in [0.4, 0.5) is 0 Å². The van der Waals surface area contributed by atoms with E-state index in [1.165, 1.54) is 0 Å². The smallest absolute Gasteiger partial charge is 0.208 e. The van der Waals surface area contributed by atoms with E-state index in [0.29, 0.717) is 13.1 Å². The van der Waals surface area contributed by atoms with E-state index in [1.807, 2.05) is 19.1 Å². The van der Waals surface area contributed by atoms with Crippen LogP contribution >= 0.6 is 0 Å². The highest BCUT2D eigenvalue weighted by Gasteiger charge is 2.00. The zero-order valence-corrected chi connectivity index (χ0v) is 11.1. The Balaban J connectivity index is 2.08. The van der Waals surface area contributed by atoms with E-state index >= 15 is 0 Å². The van der Waals surface area contributed by atoms with Crippen molar-refractivity contribution in [2.75, 3.05) is 19.3 Å². The van der Waals surface area contributed by atoms with Crippen LogP contribution in [0, 0.1) is 0 Å². The molecule has 0 amide bonds. The Bertz CT molecular complexity index is 426. The molecule has 0 aliphatic heterocycles. The molecule has 1 rings (SSSR count). The molecule has 2 N–H and O–H groups in total. The van der Waals surface area contributed by atoms with Crippen molar-refractivity contribution in [3.8, 4) is 0 Å². The van der Waals surface area contributed by atoms with Crippen LogP contribution in [-0.4, -0.2) is 27.8 Å². The molecule has 1 aromatic rings. The van der Waals surface area contributed by atoms with Crippen molar-refractivity contribution >= 4 is 10.0 Å². The van der Waals surface area contributed by atoms with Gasteiger partial charge >= 0.3 is 0 Å². The predicted octanol–water partition coefficient (Wildman–Crippen LogP) is 0.871. The standard InChI is InChI=1S/C11H20N2O3S/c1-3-10-5-6-11(16-10)9-12-7-4-8-13-17(2,14)15/h5-6,12-13H,3-4,7-9H2,1-2H3. The van der Waals surface area contributed by atoms with Gasteiger partial charge < -0.3 is 9.73 Å². The van der Waals surface area contributed by atoms with Crippen molar-refractivity contribution < 1.29 is 12.8 Å². The van der Waals surface area contributed by atoms with Crippen LogP contribution in [-0.2, 0) is 23.0 Å². The Morgan fingerprint density at radius 3 is 2.53 bits per heavy atom. The number of rotatable bonds is 8. The van der Waals surface area contributed by atoms with Gasteiger partial charge in [-0.2, -0.15) is 0 Å². The summed E-state index contributed by atoms with van der Waals surface area (Å²) in [6.07, 6.45) is 2.82. The number of hydrogen-bond acceptors (Lipinski definition) is 4. The molecule has 0 spiro atoms. The second kappa shape index (κ2) is 6.78. The van der Waals surface area contributed by atoms with Gasteiger partial charge in [0.1, 0.15) is 11.5 Å². The van der Waals surface area contributed by atoms with Crippen molar-refractivity contribution in [1.29, 1.82) is 0 Å². The molecule has 5 nitrogen and oxygen atoms in total. The summed E-state index contributed by atoms with van der Waals surface area (Å²) in [6.45, 7) is 3.95. The van der Waals surface area contributed by atoms with E-state index in [-0.39, 0.29) is 0 Å². The zero-order chi connectivity index (χ0) is 12.7. The summed E-state index contributed by atoms with van der Waals surface area (Å²) in [5.41, 5.74) is 0. The summed E-state index contributed by atoms with van der Waals surface area (Å²) in [5.74, 6) is 1.90. The molecule has 0 saturated heterocycles. The van der Waals surface area contributed by atoms with E-state index in [1.54, 1.807) is 0 Å². The van der Waals surface area contributed by atoms with Crippen LogP contribution in [0.1, 0.15) is 24.9 Å². The van der Waals surface area contributed by atoms with Crippen molar-refractivity contribution in [1.82, 2.24) is 10.0 Å². The van der Waals surface area contributed by atoms with Gasteiger partial charge in [-0.3, -0.25) is 0 Å². The maximum atomic E-state index is 10.8. The van der Waals surface area contributed by atoms with Gasteiger partial charge in [0, 0.05) is 13.0 Å². The largest absolute Gasteiger partial charge is 0.465 e. The molecule has 98 valence electrons. The van der Waals surface area contributed by atoms with E-state index < -0.39 is 10.0 Å². The lowest BCUT2D eigenvalue weighted by Gasteiger charge is -2.03. The first-order chi connectivity index (χ1) is 8.01. The fourth-order valence-corrected chi connectivity index (χ4v) is 1.91. The first-order valence-corrected chi connectivity index (χ1v) is 7.63. The monoisotopic (exact) mass is 260 g/mol. The van der Waals surface area contributed by atoms with Crippen LogP contribution in [0.25, 0.3) is 0 Å². The molecule has 0 bridgehead atoms. The lowest BCUT2D eigenvalue weighted by molar-refractivity contribution is 0.449. The molecule has 0 saturated carbocycles. The maximum absolute atomic E-state index is 10.8. The molecular formula is C11H20N2O3S. The Kier molecular flexibility index (Phi) is 5.67. The molecule has 0 atom stereocenters. The average Bonchev–Trinajstić information content (AvgIpc) is 2.69. The van der Waals surface area contributed by atoms with Crippen molar-refractivity contribution in [3.05, 3.63) is 23.7 Å². The maximum Gasteiger partial charge on any atom is 0.208 e. The van der Waals surface area contributed by atoms with Gasteiger partial charge in [0.25, 0.3) is 0 Å². The second-order valence-electron chi connectivity index (χ2n) is 3.92. The predicted molar refractivity (Wildman–Crippen MR) is 67.3 cm³/mol. The summed E-state index contributed by atoms with van der Waals surface area (Å²) >= 11 is 0. The first-order valence-electron chi connectivity index (χ1n) is 5.74. The Morgan fingerprint density at radius 2 is 1.94 bits per heavy atom. The molecule has 1 heterocycles. The Morgan fingerprint density at radius 1 is 1.24 bits per heavy atom. The van der Waals surface area contributed by atoms with E-state index in [0.717, 1.165) is 37.2 Å². The molecule has 0 aromatic carbocycles. The summed E-state index contributed by atoms with van der Waals surface area (Å²) in [4.78, 5) is 0. The van der Waals surface area contributed by atoms with Gasteiger partial charge in [-0.05, 0) is 25.1 Å². The van der Waals surface area contributed by atoms with Crippen molar-refractivity contribution in [2.24, 2.45) is 0 Å². The van der Waals surface area contributed by atoms with Crippen molar-refractivity contribution in [3.63, 3.8) is 0 Å². The third-order valence-electron chi connectivity index (χ3n) is 2.26. The molecule has 17 heavy (non-hydrogen) atoms. The average molecular weight is 260 g/mol. The number of hydrogen-bond donors (Lipinski definition) is 2. The quantitative estimate of drug-likeness (QED) is 0.680. The van der Waals surface area contributed by atoms with Gasteiger partial charge in [-0.25, -0.2) is 13.1 Å². The van der Waals surface area contributed by atoms with E-state index in [9.17, 15) is 8.42 Å². The van der Waals surface area contributed by atoms with Gasteiger partial charge in [-0.15, -0.1) is 0 Å². The lowest BCUT2D eigenvalue weighted by Crippen LogP contribution is -2.26. The zero-order valence-electron chi connectivity index (χ0n) is 10.3. The second-order valence-corrected chi connectivity index (χ2v) is 5.75. The summed E-state index contributed by atoms with van der Waals surface area (Å²) in [5, 5.41) is 3.20. The molecule has 0 unspecified atom stereocenters. The fraction of sp³-hybridized carbons (Fsp3) is 0.636. The van der Waals surface area contributed by atoms with E-state index in [2.05, 4.69) is 10.0 Å². The molecular weight excluding hydrogens is 240 g/mol. The minimum absolute atomic E-state index is 0.462. The molecule has 0 radical (unpaired) electrons. The fourth-order valence-electron chi connectivity index (χ4n) is 1.39. The third-order valence-corrected chi connectivity index (χ3v) is 2.99. The Labute approximate surface area is 103 Å². The van der Waals surface area contributed by atoms with Gasteiger partial charge in [0.2, 0.25) is 10.0 Å². The summed E-state index contributed by atoms with van der Waals surface area (Å²) in [6, 6.07) is 3.93. The normalized spacial score (nSPS) is 11.9. The van der Waals surface area contributed by atoms with Gasteiger partial charge in [-0.1, -0.05) is 6.92 Å². The number of furan rings is 1. The lowest BCUT2D eigenvalue weighted by atomic mass is 10.3. The van der Waals surface area contributed by atoms with Gasteiger partial charge in [0.05, 0.1) is 12.8 Å². The minimum Gasteiger partial charge on any atom is -0.465 e. The number of aryl methyl sites for hydroxylation is 1. The third kappa shape index (κ3) is 6.45. The highest BCUT2D eigenvalue weighted by molar-refractivity contribution is 7.88. The SMILES string of the molecule is CCc1ccc(CNCCCNS(C)(=O)=O)o1. The molecule has 0 aliphatic carbocycles. The number of sulfonamides is 1. The minimum atomic E-state index is -3.06. The first kappa shape index (κ1) is 14.2. The molecule has 0 aliphatic rings. The molecule has 1 aromatic heterocycles. The highest BCUT2D eigenvalue weighted by atomic mass is 32.2. The Hall–Kier alpha value is -0.850. The molecule has 0 fully saturated rings. The van der Waals surface area contributed by atoms with E-state index in [4.69, 9.17) is 4.42 Å². The summed E-state index contributed by atoms with van der Waals surface area (Å²) in [7, 11) is -3.06. The topological polar surface area (TPSA) is 71.3 Å². The van der Waals surface area contributed by atoms with Crippen LogP contribution in [0.2, 0.25) is 0 Å². The van der Waals surface area contributed by atoms with Crippen molar-refractivity contribution in [2.45, 2.75) is 26.3 Å². The van der Waals surface area contributed by atoms with Crippen LogP contribution in [0.15, 0.2) is 16.5 Å². The highest BCUT2D eigenvalue weighted by Crippen LogP contribution is 2.07. The van der Waals surface area contributed by atoms with Crippen LogP contribution in [0.5, 0.6) is 0 Å². The van der Waals surface area contributed by atoms with Crippen LogP contribution in [0.3, 0.4) is 0 Å². The van der Waals surface area contributed by atoms with Crippen LogP contribution < -0.4 is 10.0 Å². The van der Waals surface area contributed by atoms with Gasteiger partial charge in [0.15, 0.2) is 0 Å². The number of nitrogens with one attached hydrogen (secondary N) is 2. The summed E-state index contributed by atoms with van der Waals surface area (Å²) < 4.78 is 29.5. The molecule has 6 heteroatoms.